The summed E-state index contributed by atoms with van der Waals surface area (Å²) in [5.74, 6) is -0.259. The number of carbonyl (C=O) groups excluding carboxylic acids is 1. The number of anilines is 2. The molecule has 0 saturated carbocycles. The number of hydrogen-bond donors (Lipinski definition) is 3. The van der Waals surface area contributed by atoms with Crippen LogP contribution in [0.4, 0.5) is 15.8 Å². The van der Waals surface area contributed by atoms with E-state index in [2.05, 4.69) is 20.5 Å². The number of carbonyl (C=O) groups is 1. The molecule has 0 heterocycles. The summed E-state index contributed by atoms with van der Waals surface area (Å²) in [5.41, 5.74) is 3.77. The minimum atomic E-state index is -0.813. The van der Waals surface area contributed by atoms with Crippen molar-refractivity contribution < 1.29 is 13.9 Å². The fraction of sp³-hybridized carbons (Fsp3) is 0.194. The van der Waals surface area contributed by atoms with Gasteiger partial charge in [0.15, 0.2) is 0 Å². The van der Waals surface area contributed by atoms with E-state index >= 15 is 0 Å². The highest BCUT2D eigenvalue weighted by Crippen LogP contribution is 2.36. The maximum absolute atomic E-state index is 13.8. The van der Waals surface area contributed by atoms with Crippen LogP contribution in [0.15, 0.2) is 101 Å². The van der Waals surface area contributed by atoms with Gasteiger partial charge in [0.1, 0.15) is 17.1 Å². The SMILES string of the molecule is COc1ccc(-c2cccc(C(C)(C)N=O)c2)cc1SNc1cccc(NCCNC(=O)c2ccccc2F)c1. The van der Waals surface area contributed by atoms with Gasteiger partial charge in [-0.2, -0.15) is 0 Å². The van der Waals surface area contributed by atoms with Crippen LogP contribution in [-0.2, 0) is 5.54 Å². The Hall–Kier alpha value is -4.37. The van der Waals surface area contributed by atoms with E-state index < -0.39 is 17.3 Å². The van der Waals surface area contributed by atoms with E-state index in [9.17, 15) is 14.1 Å². The van der Waals surface area contributed by atoms with Crippen molar-refractivity contribution in [3.05, 3.63) is 113 Å². The zero-order chi connectivity index (χ0) is 28.5. The monoisotopic (exact) mass is 558 g/mol. The summed E-state index contributed by atoms with van der Waals surface area (Å²) >= 11 is 1.42. The molecule has 4 rings (SSSR count). The Morgan fingerprint density at radius 3 is 2.42 bits per heavy atom. The molecule has 3 N–H and O–H groups in total. The number of hydrogen-bond acceptors (Lipinski definition) is 7. The quantitative estimate of drug-likeness (QED) is 0.0950. The Morgan fingerprint density at radius 2 is 1.65 bits per heavy atom. The number of halogens is 1. The van der Waals surface area contributed by atoms with E-state index in [1.54, 1.807) is 33.1 Å². The predicted octanol–water partition coefficient (Wildman–Crippen LogP) is 7.46. The number of benzene rings is 4. The van der Waals surface area contributed by atoms with E-state index in [-0.39, 0.29) is 5.56 Å². The zero-order valence-corrected chi connectivity index (χ0v) is 23.3. The minimum Gasteiger partial charge on any atom is -0.496 e. The summed E-state index contributed by atoms with van der Waals surface area (Å²) in [7, 11) is 1.63. The van der Waals surface area contributed by atoms with Gasteiger partial charge in [-0.05, 0) is 91.0 Å². The lowest BCUT2D eigenvalue weighted by Crippen LogP contribution is -2.29. The Kier molecular flexibility index (Phi) is 9.39. The van der Waals surface area contributed by atoms with Gasteiger partial charge in [0.25, 0.3) is 5.91 Å². The first-order valence-corrected chi connectivity index (χ1v) is 13.6. The molecule has 9 heteroatoms. The van der Waals surface area contributed by atoms with E-state index in [1.807, 2.05) is 66.7 Å². The van der Waals surface area contributed by atoms with Crippen LogP contribution in [0.1, 0.15) is 29.8 Å². The first-order valence-electron chi connectivity index (χ1n) is 12.7. The van der Waals surface area contributed by atoms with Gasteiger partial charge in [-0.1, -0.05) is 47.6 Å². The first-order chi connectivity index (χ1) is 19.3. The van der Waals surface area contributed by atoms with Crippen molar-refractivity contribution >= 4 is 29.2 Å². The van der Waals surface area contributed by atoms with Gasteiger partial charge in [-0.3, -0.25) is 4.79 Å². The van der Waals surface area contributed by atoms with Crippen molar-refractivity contribution in [3.63, 3.8) is 0 Å². The molecule has 0 aromatic heterocycles. The number of ether oxygens (including phenoxy) is 1. The molecule has 0 aliphatic heterocycles. The second-order valence-corrected chi connectivity index (χ2v) is 10.4. The van der Waals surface area contributed by atoms with Crippen molar-refractivity contribution in [2.24, 2.45) is 5.18 Å². The Bertz CT molecular complexity index is 1500. The number of nitrogens with one attached hydrogen (secondary N) is 3. The molecule has 0 unspecified atom stereocenters. The molecule has 0 fully saturated rings. The summed E-state index contributed by atoms with van der Waals surface area (Å²) in [5, 5.41) is 9.26. The lowest BCUT2D eigenvalue weighted by molar-refractivity contribution is 0.0951. The molecule has 1 amide bonds. The smallest absolute Gasteiger partial charge is 0.254 e. The number of rotatable bonds is 12. The van der Waals surface area contributed by atoms with Crippen molar-refractivity contribution in [2.75, 3.05) is 30.2 Å². The van der Waals surface area contributed by atoms with Crippen molar-refractivity contribution in [1.29, 1.82) is 0 Å². The fourth-order valence-corrected chi connectivity index (χ4v) is 4.79. The van der Waals surface area contributed by atoms with Crippen LogP contribution in [-0.4, -0.2) is 26.1 Å². The average Bonchev–Trinajstić information content (AvgIpc) is 2.98. The zero-order valence-electron chi connectivity index (χ0n) is 22.5. The largest absolute Gasteiger partial charge is 0.496 e. The molecular formula is C31H31FN4O3S. The lowest BCUT2D eigenvalue weighted by Gasteiger charge is -2.17. The third-order valence-electron chi connectivity index (χ3n) is 6.29. The lowest BCUT2D eigenvalue weighted by atomic mass is 9.92. The maximum atomic E-state index is 13.8. The third-order valence-corrected chi connectivity index (χ3v) is 7.17. The average molecular weight is 559 g/mol. The van der Waals surface area contributed by atoms with Crippen LogP contribution in [0.3, 0.4) is 0 Å². The van der Waals surface area contributed by atoms with Crippen LogP contribution >= 0.6 is 11.9 Å². The van der Waals surface area contributed by atoms with E-state index in [1.165, 1.54) is 24.1 Å². The van der Waals surface area contributed by atoms with Gasteiger partial charge in [-0.15, -0.1) is 4.91 Å². The fourth-order valence-electron chi connectivity index (χ4n) is 4.00. The molecule has 206 valence electrons. The van der Waals surface area contributed by atoms with Crippen molar-refractivity contribution in [2.45, 2.75) is 24.3 Å². The van der Waals surface area contributed by atoms with Crippen molar-refractivity contribution in [1.82, 2.24) is 5.32 Å². The van der Waals surface area contributed by atoms with Gasteiger partial charge in [0, 0.05) is 24.5 Å². The summed E-state index contributed by atoms with van der Waals surface area (Å²) in [6.45, 7) is 4.40. The number of amides is 1. The van der Waals surface area contributed by atoms with Crippen LogP contribution in [0.25, 0.3) is 11.1 Å². The molecule has 0 radical (unpaired) electrons. The van der Waals surface area contributed by atoms with Gasteiger partial charge in [0.2, 0.25) is 0 Å². The topological polar surface area (TPSA) is 91.8 Å². The van der Waals surface area contributed by atoms with Gasteiger partial charge in [-0.25, -0.2) is 4.39 Å². The summed E-state index contributed by atoms with van der Waals surface area (Å²) in [4.78, 5) is 24.4. The molecule has 0 aliphatic rings. The normalized spacial score (nSPS) is 11.0. The number of nitrogens with zero attached hydrogens (tertiary/aromatic N) is 1. The molecule has 0 spiro atoms. The Balaban J connectivity index is 1.38. The highest BCUT2D eigenvalue weighted by Gasteiger charge is 2.21. The first kappa shape index (κ1) is 28.6. The highest BCUT2D eigenvalue weighted by molar-refractivity contribution is 8.00. The summed E-state index contributed by atoms with van der Waals surface area (Å²) < 4.78 is 22.7. The standard InChI is InChI=1S/C31H31FN4O3S/c1-31(2,36-38)23-9-6-8-21(18-23)22-14-15-28(39-3)29(19-22)40-35-25-11-7-10-24(20-25)33-16-17-34-30(37)26-12-4-5-13-27(26)32/h4-15,18-20,33,35H,16-17H2,1-3H3,(H,34,37). The van der Waals surface area contributed by atoms with Gasteiger partial charge >= 0.3 is 0 Å². The van der Waals surface area contributed by atoms with E-state index in [0.29, 0.717) is 13.1 Å². The molecular weight excluding hydrogens is 527 g/mol. The predicted molar refractivity (Wildman–Crippen MR) is 160 cm³/mol. The molecule has 4 aromatic carbocycles. The van der Waals surface area contributed by atoms with E-state index in [0.717, 1.165) is 38.7 Å². The second-order valence-electron chi connectivity index (χ2n) is 9.54. The van der Waals surface area contributed by atoms with E-state index in [4.69, 9.17) is 4.74 Å². The second kappa shape index (κ2) is 13.1. The van der Waals surface area contributed by atoms with Gasteiger partial charge < -0.3 is 20.1 Å². The van der Waals surface area contributed by atoms with Crippen LogP contribution < -0.4 is 20.1 Å². The Labute approximate surface area is 237 Å². The van der Waals surface area contributed by atoms with Crippen LogP contribution in [0.2, 0.25) is 0 Å². The number of methoxy groups -OCH3 is 1. The minimum absolute atomic E-state index is 0.0275. The molecule has 0 saturated heterocycles. The van der Waals surface area contributed by atoms with Crippen LogP contribution in [0, 0.1) is 10.7 Å². The number of nitroso groups, excluding NO2 is 1. The molecule has 0 atom stereocenters. The molecule has 7 nitrogen and oxygen atoms in total. The summed E-state index contributed by atoms with van der Waals surface area (Å²) in [6.07, 6.45) is 0. The third kappa shape index (κ3) is 7.18. The highest BCUT2D eigenvalue weighted by atomic mass is 32.2. The molecule has 40 heavy (non-hydrogen) atoms. The van der Waals surface area contributed by atoms with Crippen LogP contribution in [0.5, 0.6) is 5.75 Å². The summed E-state index contributed by atoms with van der Waals surface area (Å²) in [6, 6.07) is 27.4. The maximum Gasteiger partial charge on any atom is 0.254 e. The molecule has 0 aliphatic carbocycles. The molecule has 0 bridgehead atoms. The van der Waals surface area contributed by atoms with Crippen molar-refractivity contribution in [3.8, 4) is 16.9 Å². The molecule has 4 aromatic rings. The van der Waals surface area contributed by atoms with Gasteiger partial charge in [0.05, 0.1) is 17.6 Å². The Morgan fingerprint density at radius 1 is 0.900 bits per heavy atom.